The fraction of sp³-hybridized carbons (Fsp3) is 1.00. The van der Waals surface area contributed by atoms with Crippen LogP contribution in [0.25, 0.3) is 0 Å². The zero-order valence-corrected chi connectivity index (χ0v) is 14.4. The van der Waals surface area contributed by atoms with Crippen molar-refractivity contribution in [3.05, 3.63) is 0 Å². The molecule has 0 saturated carbocycles. The van der Waals surface area contributed by atoms with Gasteiger partial charge in [-0.25, -0.2) is 0 Å². The van der Waals surface area contributed by atoms with Crippen molar-refractivity contribution in [2.75, 3.05) is 58.0 Å². The van der Waals surface area contributed by atoms with Crippen molar-refractivity contribution in [1.29, 1.82) is 0 Å². The Morgan fingerprint density at radius 3 is 1.86 bits per heavy atom. The maximum absolute atomic E-state index is 3.54. The molecule has 0 aromatic carbocycles. The average Bonchev–Trinajstić information content (AvgIpc) is 2.00. The predicted octanol–water partition coefficient (Wildman–Crippen LogP) is 3.70. The summed E-state index contributed by atoms with van der Waals surface area (Å²) in [5.41, 5.74) is 0. The van der Waals surface area contributed by atoms with Crippen molar-refractivity contribution >= 4 is 21.8 Å². The van der Waals surface area contributed by atoms with Crippen molar-refractivity contribution in [3.63, 3.8) is 0 Å². The Kier molecular flexibility index (Phi) is 9.03. The molecule has 0 aromatic heterocycles. The Balaban J connectivity index is 3.61. The zero-order valence-electron chi connectivity index (χ0n) is 10.3. The summed E-state index contributed by atoms with van der Waals surface area (Å²) in [6, 6.07) is 0. The summed E-state index contributed by atoms with van der Waals surface area (Å²) < 4.78 is 0. The van der Waals surface area contributed by atoms with Gasteiger partial charge >= 0.3 is 102 Å². The van der Waals surface area contributed by atoms with Gasteiger partial charge in [-0.15, -0.1) is 0 Å². The molecule has 0 fully saturated rings. The number of hydrogen-bond acceptors (Lipinski definition) is 0. The van der Waals surface area contributed by atoms with Crippen molar-refractivity contribution in [2.24, 2.45) is 0 Å². The second kappa shape index (κ2) is 7.99. The monoisotopic (exact) mass is 291 g/mol. The van der Waals surface area contributed by atoms with Crippen LogP contribution in [0.15, 0.2) is 0 Å². The van der Waals surface area contributed by atoms with Gasteiger partial charge in [-0.3, -0.25) is 0 Å². The summed E-state index contributed by atoms with van der Waals surface area (Å²) in [6.07, 6.45) is 7.46. The van der Waals surface area contributed by atoms with Crippen LogP contribution in [-0.4, -0.2) is 58.0 Å². The average molecular weight is 291 g/mol. The molecule has 0 unspecified atom stereocenters. The molecular formula is C10H26CrP3. The molecule has 14 heavy (non-hydrogen) atoms. The molecule has 0 aliphatic rings. The molecule has 0 aliphatic carbocycles. The third-order valence-corrected chi connectivity index (χ3v) is 9.78. The van der Waals surface area contributed by atoms with E-state index >= 15 is 0 Å². The van der Waals surface area contributed by atoms with E-state index < -0.39 is 5.91 Å². The van der Waals surface area contributed by atoms with E-state index in [0.29, 0.717) is 15.8 Å². The first kappa shape index (κ1) is 15.8. The minimum absolute atomic E-state index is 0.327. The SMILES string of the molecule is CP(C)CCC[PH](C)([Cr])CCP(C)C. The molecule has 0 heterocycles. The van der Waals surface area contributed by atoms with Gasteiger partial charge < -0.3 is 0 Å². The van der Waals surface area contributed by atoms with Gasteiger partial charge in [0.05, 0.1) is 0 Å². The second-order valence-electron chi connectivity index (χ2n) is 4.91. The molecule has 0 N–H and O–H groups in total. The minimum atomic E-state index is -0.931. The summed E-state index contributed by atoms with van der Waals surface area (Å²) in [5.74, 6) is -0.931. The molecule has 0 spiro atoms. The Morgan fingerprint density at radius 2 is 1.43 bits per heavy atom. The number of rotatable bonds is 7. The Morgan fingerprint density at radius 1 is 0.929 bits per heavy atom. The Labute approximate surface area is 102 Å². The molecular weight excluding hydrogens is 265 g/mol. The van der Waals surface area contributed by atoms with Crippen LogP contribution >= 0.6 is 21.8 Å². The van der Waals surface area contributed by atoms with Crippen molar-refractivity contribution in [3.8, 4) is 0 Å². The summed E-state index contributed by atoms with van der Waals surface area (Å²) in [7, 11) is 0.664. The number of hydrogen-bond donors (Lipinski definition) is 0. The maximum atomic E-state index is 3.54. The fourth-order valence-corrected chi connectivity index (χ4v) is 9.26. The Hall–Kier alpha value is 1.82. The fourth-order valence-electron chi connectivity index (χ4n) is 1.35. The zero-order chi connectivity index (χ0) is 11.2. The molecule has 0 bridgehead atoms. The molecule has 0 nitrogen and oxygen atoms in total. The van der Waals surface area contributed by atoms with Gasteiger partial charge in [0.2, 0.25) is 0 Å². The third kappa shape index (κ3) is 10.3. The molecule has 0 saturated heterocycles. The molecule has 0 radical (unpaired) electrons. The van der Waals surface area contributed by atoms with Crippen molar-refractivity contribution < 1.29 is 15.8 Å². The van der Waals surface area contributed by atoms with Crippen LogP contribution in [0.2, 0.25) is 0 Å². The molecule has 0 amide bonds. The van der Waals surface area contributed by atoms with Gasteiger partial charge in [0.15, 0.2) is 0 Å². The molecule has 0 aliphatic heterocycles. The van der Waals surface area contributed by atoms with Gasteiger partial charge in [0, 0.05) is 0 Å². The van der Waals surface area contributed by atoms with Crippen molar-refractivity contribution in [2.45, 2.75) is 6.42 Å². The van der Waals surface area contributed by atoms with E-state index in [0.717, 1.165) is 0 Å². The second-order valence-corrected chi connectivity index (χ2v) is 18.6. The van der Waals surface area contributed by atoms with Gasteiger partial charge in [-0.05, 0) is 0 Å². The summed E-state index contributed by atoms with van der Waals surface area (Å²) >= 11 is 3.54. The normalized spacial score (nSPS) is 13.9. The van der Waals surface area contributed by atoms with Gasteiger partial charge in [0.1, 0.15) is 0 Å². The molecule has 0 rings (SSSR count). The topological polar surface area (TPSA) is 0 Å². The van der Waals surface area contributed by atoms with Crippen LogP contribution in [0, 0.1) is 0 Å². The molecule has 0 aromatic rings. The standard InChI is InChI=1S/C10H25P3.Cr/c1-11(2)7-6-8-13(5)10-9-12(3)4;/h6-10H2,1-5H3;/q;-1/p+1. The van der Waals surface area contributed by atoms with E-state index in [4.69, 9.17) is 0 Å². The first-order valence-electron chi connectivity index (χ1n) is 5.33. The molecule has 0 atom stereocenters. The molecule has 4 heteroatoms. The van der Waals surface area contributed by atoms with Crippen LogP contribution in [-0.2, 0) is 15.8 Å². The van der Waals surface area contributed by atoms with E-state index in [1.54, 1.807) is 0 Å². The van der Waals surface area contributed by atoms with Crippen LogP contribution < -0.4 is 0 Å². The van der Waals surface area contributed by atoms with E-state index in [1.807, 2.05) is 0 Å². The van der Waals surface area contributed by atoms with Crippen LogP contribution in [0.5, 0.6) is 0 Å². The first-order chi connectivity index (χ1) is 6.33. The van der Waals surface area contributed by atoms with Crippen molar-refractivity contribution in [1.82, 2.24) is 0 Å². The van der Waals surface area contributed by atoms with Gasteiger partial charge in [-0.2, -0.15) is 0 Å². The third-order valence-electron chi connectivity index (χ3n) is 2.40. The Bertz CT molecular complexity index is 146. The first-order valence-corrected chi connectivity index (χ1v) is 14.9. The summed E-state index contributed by atoms with van der Waals surface area (Å²) in [5, 5.41) is 0. The predicted molar refractivity (Wildman–Crippen MR) is 75.9 cm³/mol. The summed E-state index contributed by atoms with van der Waals surface area (Å²) in [4.78, 5) is 0. The van der Waals surface area contributed by atoms with Gasteiger partial charge in [0.25, 0.3) is 0 Å². The van der Waals surface area contributed by atoms with Gasteiger partial charge in [-0.1, -0.05) is 0 Å². The van der Waals surface area contributed by atoms with Crippen LogP contribution in [0.4, 0.5) is 0 Å². The quantitative estimate of drug-likeness (QED) is 0.627. The summed E-state index contributed by atoms with van der Waals surface area (Å²) in [6.45, 7) is 12.1. The van der Waals surface area contributed by atoms with E-state index in [-0.39, 0.29) is 0 Å². The van der Waals surface area contributed by atoms with E-state index in [1.165, 1.54) is 31.1 Å². The van der Waals surface area contributed by atoms with E-state index in [2.05, 4.69) is 49.2 Å². The molecule has 87 valence electrons. The van der Waals surface area contributed by atoms with Crippen LogP contribution in [0.1, 0.15) is 6.42 Å². The van der Waals surface area contributed by atoms with E-state index in [9.17, 15) is 0 Å². The van der Waals surface area contributed by atoms with Crippen LogP contribution in [0.3, 0.4) is 0 Å².